The molecule has 0 atom stereocenters. The number of benzene rings is 2. The lowest BCUT2D eigenvalue weighted by Gasteiger charge is -2.32. The van der Waals surface area contributed by atoms with E-state index in [9.17, 15) is 18.0 Å². The minimum absolute atomic E-state index is 0.0229. The van der Waals surface area contributed by atoms with E-state index in [1.807, 2.05) is 0 Å². The Labute approximate surface area is 204 Å². The maximum atomic E-state index is 13.2. The number of ether oxygens (including phenoxy) is 1. The Hall–Kier alpha value is -2.75. The predicted molar refractivity (Wildman–Crippen MR) is 123 cm³/mol. The average Bonchev–Trinajstić information content (AvgIpc) is 3.19. The van der Waals surface area contributed by atoms with Crippen LogP contribution >= 0.6 is 23.2 Å². The van der Waals surface area contributed by atoms with E-state index >= 15 is 0 Å². The first kappa shape index (κ1) is 24.4. The highest BCUT2D eigenvalue weighted by molar-refractivity contribution is 6.32. The molecule has 6 nitrogen and oxygen atoms in total. The average molecular weight is 513 g/mol. The number of nitrogens with one attached hydrogen (secondary N) is 1. The second kappa shape index (κ2) is 9.85. The van der Waals surface area contributed by atoms with Gasteiger partial charge in [0.2, 0.25) is 0 Å². The number of rotatable bonds is 5. The number of carbonyl (C=O) groups excluding carboxylic acids is 1. The predicted octanol–water partition coefficient (Wildman–Crippen LogP) is 5.77. The number of para-hydroxylation sites is 1. The summed E-state index contributed by atoms with van der Waals surface area (Å²) in [7, 11) is 1.42. The molecule has 0 saturated carbocycles. The third kappa shape index (κ3) is 5.01. The number of nitrogens with zero attached hydrogens (tertiary/aromatic N) is 3. The van der Waals surface area contributed by atoms with Crippen molar-refractivity contribution >= 4 is 29.1 Å². The maximum Gasteiger partial charge on any atom is 0.391 e. The molecule has 1 aliphatic rings. The van der Waals surface area contributed by atoms with Gasteiger partial charge in [-0.1, -0.05) is 47.5 Å². The molecule has 0 aliphatic carbocycles. The van der Waals surface area contributed by atoms with Crippen LogP contribution in [-0.2, 0) is 0 Å². The number of aromatic nitrogens is 2. The summed E-state index contributed by atoms with van der Waals surface area (Å²) in [6.07, 6.45) is -4.42. The zero-order valence-electron chi connectivity index (χ0n) is 18.1. The van der Waals surface area contributed by atoms with Crippen LogP contribution in [0.3, 0.4) is 0 Å². The lowest BCUT2D eigenvalue weighted by molar-refractivity contribution is -0.186. The lowest BCUT2D eigenvalue weighted by atomic mass is 9.97. The SMILES string of the molecule is COc1c(C(=O)NN2CCC(C(F)(F)F)CC2)nn(-c2ccccc2Cl)c1-c1ccc(Cl)cc1. The largest absolute Gasteiger partial charge is 0.492 e. The number of alkyl halides is 3. The van der Waals surface area contributed by atoms with Crippen molar-refractivity contribution in [3.8, 4) is 22.7 Å². The van der Waals surface area contributed by atoms with Crippen molar-refractivity contribution in [3.05, 3.63) is 64.3 Å². The van der Waals surface area contributed by atoms with Gasteiger partial charge in [-0.05, 0) is 37.1 Å². The standard InChI is InChI=1S/C23H21Cl2F3N4O2/c1-34-21-19(22(33)30-31-12-10-15(11-13-31)23(26,27)28)29-32(18-5-3-2-4-17(18)25)20(21)14-6-8-16(24)9-7-14/h2-9,15H,10-13H2,1H3,(H,30,33). The summed E-state index contributed by atoms with van der Waals surface area (Å²) in [6, 6.07) is 13.9. The van der Waals surface area contributed by atoms with Crippen LogP contribution in [0, 0.1) is 5.92 Å². The first-order valence-corrected chi connectivity index (χ1v) is 11.2. The molecule has 1 aliphatic heterocycles. The monoisotopic (exact) mass is 512 g/mol. The third-order valence-electron chi connectivity index (χ3n) is 5.68. The van der Waals surface area contributed by atoms with Gasteiger partial charge in [-0.15, -0.1) is 0 Å². The molecule has 1 aromatic heterocycles. The number of halogens is 5. The Morgan fingerprint density at radius 2 is 1.74 bits per heavy atom. The van der Waals surface area contributed by atoms with Crippen molar-refractivity contribution in [3.63, 3.8) is 0 Å². The zero-order valence-corrected chi connectivity index (χ0v) is 19.6. The number of carbonyl (C=O) groups is 1. The molecule has 1 N–H and O–H groups in total. The van der Waals surface area contributed by atoms with Gasteiger partial charge in [-0.3, -0.25) is 10.2 Å². The van der Waals surface area contributed by atoms with Crippen molar-refractivity contribution in [2.24, 2.45) is 5.92 Å². The molecule has 0 bridgehead atoms. The Morgan fingerprint density at radius 1 is 1.09 bits per heavy atom. The van der Waals surface area contributed by atoms with Gasteiger partial charge in [-0.2, -0.15) is 18.3 Å². The fourth-order valence-corrected chi connectivity index (χ4v) is 4.26. The smallest absolute Gasteiger partial charge is 0.391 e. The van der Waals surface area contributed by atoms with Crippen LogP contribution in [0.4, 0.5) is 13.2 Å². The molecule has 3 aromatic rings. The van der Waals surface area contributed by atoms with Crippen molar-refractivity contribution in [2.75, 3.05) is 20.2 Å². The minimum atomic E-state index is -4.24. The molecular formula is C23H21Cl2F3N4O2. The molecule has 2 aromatic carbocycles. The maximum absolute atomic E-state index is 13.2. The van der Waals surface area contributed by atoms with Crippen LogP contribution in [0.2, 0.25) is 10.0 Å². The van der Waals surface area contributed by atoms with E-state index in [1.165, 1.54) is 16.8 Å². The molecule has 34 heavy (non-hydrogen) atoms. The second-order valence-electron chi connectivity index (χ2n) is 7.84. The molecule has 0 unspecified atom stereocenters. The summed E-state index contributed by atoms with van der Waals surface area (Å²) in [4.78, 5) is 13.2. The van der Waals surface area contributed by atoms with E-state index in [4.69, 9.17) is 27.9 Å². The molecule has 0 spiro atoms. The number of hydrazine groups is 1. The van der Waals surface area contributed by atoms with Crippen molar-refractivity contribution in [1.82, 2.24) is 20.2 Å². The molecule has 180 valence electrons. The number of hydrogen-bond acceptors (Lipinski definition) is 4. The summed E-state index contributed by atoms with van der Waals surface area (Å²) in [5, 5.41) is 6.90. The Kier molecular flexibility index (Phi) is 7.06. The Morgan fingerprint density at radius 3 is 2.32 bits per heavy atom. The molecule has 2 heterocycles. The third-order valence-corrected chi connectivity index (χ3v) is 6.25. The molecule has 4 rings (SSSR count). The number of piperidine rings is 1. The topological polar surface area (TPSA) is 59.4 Å². The van der Waals surface area contributed by atoms with Crippen LogP contribution < -0.4 is 10.2 Å². The van der Waals surface area contributed by atoms with E-state index in [2.05, 4.69) is 10.5 Å². The molecule has 0 radical (unpaired) electrons. The highest BCUT2D eigenvalue weighted by atomic mass is 35.5. The van der Waals surface area contributed by atoms with Crippen molar-refractivity contribution in [1.29, 1.82) is 0 Å². The van der Waals surface area contributed by atoms with Gasteiger partial charge in [0.15, 0.2) is 11.4 Å². The summed E-state index contributed by atoms with van der Waals surface area (Å²) in [6.45, 7) is 0.154. The van der Waals surface area contributed by atoms with Crippen molar-refractivity contribution in [2.45, 2.75) is 19.0 Å². The van der Waals surface area contributed by atoms with Gasteiger partial charge in [0.1, 0.15) is 5.69 Å². The van der Waals surface area contributed by atoms with Gasteiger partial charge >= 0.3 is 6.18 Å². The fraction of sp³-hybridized carbons (Fsp3) is 0.304. The molecule has 1 fully saturated rings. The van der Waals surface area contributed by atoms with E-state index in [0.717, 1.165) is 0 Å². The second-order valence-corrected chi connectivity index (χ2v) is 8.69. The lowest BCUT2D eigenvalue weighted by Crippen LogP contribution is -2.48. The Balaban J connectivity index is 1.69. The molecule has 1 saturated heterocycles. The molecular weight excluding hydrogens is 492 g/mol. The van der Waals surface area contributed by atoms with Crippen LogP contribution in [0.15, 0.2) is 48.5 Å². The van der Waals surface area contributed by atoms with E-state index < -0.39 is 18.0 Å². The van der Waals surface area contributed by atoms with Crippen LogP contribution in [-0.4, -0.2) is 47.1 Å². The zero-order chi connectivity index (χ0) is 24.5. The van der Waals surface area contributed by atoms with Gasteiger partial charge in [-0.25, -0.2) is 9.69 Å². The van der Waals surface area contributed by atoms with Crippen LogP contribution in [0.5, 0.6) is 5.75 Å². The number of hydrogen-bond donors (Lipinski definition) is 1. The van der Waals surface area contributed by atoms with Gasteiger partial charge in [0.25, 0.3) is 5.91 Å². The minimum Gasteiger partial charge on any atom is -0.492 e. The van der Waals surface area contributed by atoms with E-state index in [0.29, 0.717) is 27.0 Å². The van der Waals surface area contributed by atoms with Gasteiger partial charge in [0.05, 0.1) is 23.7 Å². The Bertz CT molecular complexity index is 1170. The summed E-state index contributed by atoms with van der Waals surface area (Å²) < 4.78 is 46.0. The summed E-state index contributed by atoms with van der Waals surface area (Å²) in [5.41, 5.74) is 4.33. The molecule has 11 heteroatoms. The van der Waals surface area contributed by atoms with Gasteiger partial charge < -0.3 is 4.74 Å². The van der Waals surface area contributed by atoms with Gasteiger partial charge in [0, 0.05) is 23.7 Å². The van der Waals surface area contributed by atoms with E-state index in [-0.39, 0.29) is 37.4 Å². The van der Waals surface area contributed by atoms with Crippen LogP contribution in [0.25, 0.3) is 16.9 Å². The highest BCUT2D eigenvalue weighted by Crippen LogP contribution is 2.38. The summed E-state index contributed by atoms with van der Waals surface area (Å²) >= 11 is 12.5. The first-order valence-electron chi connectivity index (χ1n) is 10.5. The normalized spacial score (nSPS) is 15.4. The highest BCUT2D eigenvalue weighted by Gasteiger charge is 2.41. The quantitative estimate of drug-likeness (QED) is 0.471. The fourth-order valence-electron chi connectivity index (χ4n) is 3.92. The van der Waals surface area contributed by atoms with E-state index in [1.54, 1.807) is 48.5 Å². The van der Waals surface area contributed by atoms with Crippen molar-refractivity contribution < 1.29 is 22.7 Å². The summed E-state index contributed by atoms with van der Waals surface area (Å²) in [5.74, 6) is -1.76. The number of methoxy groups -OCH3 is 1. The number of amides is 1. The molecule has 1 amide bonds. The first-order chi connectivity index (χ1) is 16.2. The van der Waals surface area contributed by atoms with Crippen LogP contribution in [0.1, 0.15) is 23.3 Å².